The summed E-state index contributed by atoms with van der Waals surface area (Å²) in [5, 5.41) is 2.68. The molecule has 1 fully saturated rings. The average molecular weight is 241 g/mol. The third-order valence-corrected chi connectivity index (χ3v) is 3.36. The molecule has 5 nitrogen and oxygen atoms in total. The van der Waals surface area contributed by atoms with E-state index in [1.165, 1.54) is 0 Å². The molecule has 0 spiro atoms. The zero-order chi connectivity index (χ0) is 12.8. The molecule has 0 atom stereocenters. The van der Waals surface area contributed by atoms with Crippen molar-refractivity contribution in [3.05, 3.63) is 0 Å². The van der Waals surface area contributed by atoms with E-state index in [9.17, 15) is 9.59 Å². The Bertz CT molecular complexity index is 273. The maximum absolute atomic E-state index is 11.8. The van der Waals surface area contributed by atoms with Gasteiger partial charge in [-0.1, -0.05) is 6.92 Å². The van der Waals surface area contributed by atoms with Gasteiger partial charge >= 0.3 is 6.03 Å². The molecule has 1 aliphatic heterocycles. The number of likely N-dealkylation sites (N-methyl/N-ethyl adjacent to an activating group) is 1. The number of amides is 3. The van der Waals surface area contributed by atoms with Gasteiger partial charge in [0.15, 0.2) is 0 Å². The van der Waals surface area contributed by atoms with Crippen molar-refractivity contribution >= 4 is 11.9 Å². The van der Waals surface area contributed by atoms with Gasteiger partial charge in [0.2, 0.25) is 5.91 Å². The predicted octanol–water partition coefficient (Wildman–Crippen LogP) is 0.906. The third kappa shape index (κ3) is 4.24. The number of hydrogen-bond acceptors (Lipinski definition) is 2. The minimum atomic E-state index is -0.116. The first kappa shape index (κ1) is 13.8. The van der Waals surface area contributed by atoms with Crippen LogP contribution in [-0.2, 0) is 4.79 Å². The zero-order valence-electron chi connectivity index (χ0n) is 11.0. The van der Waals surface area contributed by atoms with Gasteiger partial charge < -0.3 is 15.1 Å². The van der Waals surface area contributed by atoms with Crippen molar-refractivity contribution < 1.29 is 9.59 Å². The smallest absolute Gasteiger partial charge is 0.317 e. The summed E-state index contributed by atoms with van der Waals surface area (Å²) in [6.45, 7) is 6.46. The molecule has 0 bridgehead atoms. The van der Waals surface area contributed by atoms with Crippen LogP contribution in [-0.4, -0.2) is 55.0 Å². The normalized spacial score (nSPS) is 16.8. The molecule has 1 aliphatic rings. The van der Waals surface area contributed by atoms with Gasteiger partial charge in [-0.25, -0.2) is 4.79 Å². The highest BCUT2D eigenvalue weighted by molar-refractivity contribution is 5.83. The Labute approximate surface area is 103 Å². The summed E-state index contributed by atoms with van der Waals surface area (Å²) in [6.07, 6.45) is 2.10. The van der Waals surface area contributed by atoms with E-state index in [0.29, 0.717) is 12.5 Å². The molecule has 5 heteroatoms. The molecule has 98 valence electrons. The van der Waals surface area contributed by atoms with E-state index >= 15 is 0 Å². The van der Waals surface area contributed by atoms with Gasteiger partial charge in [0.05, 0.1) is 6.54 Å². The number of carbonyl (C=O) groups is 2. The highest BCUT2D eigenvalue weighted by Crippen LogP contribution is 2.15. The monoisotopic (exact) mass is 241 g/mol. The lowest BCUT2D eigenvalue weighted by Gasteiger charge is -2.30. The van der Waals surface area contributed by atoms with Gasteiger partial charge in [-0.15, -0.1) is 0 Å². The minimum Gasteiger partial charge on any atom is -0.345 e. The van der Waals surface area contributed by atoms with Gasteiger partial charge in [-0.3, -0.25) is 4.79 Å². The van der Waals surface area contributed by atoms with Crippen LogP contribution in [0.25, 0.3) is 0 Å². The molecule has 1 N–H and O–H groups in total. The molecule has 1 heterocycles. The Morgan fingerprint density at radius 1 is 1.35 bits per heavy atom. The largest absolute Gasteiger partial charge is 0.345 e. The maximum Gasteiger partial charge on any atom is 0.317 e. The Hall–Kier alpha value is -1.26. The van der Waals surface area contributed by atoms with Crippen molar-refractivity contribution in [2.24, 2.45) is 5.92 Å². The zero-order valence-corrected chi connectivity index (χ0v) is 11.0. The molecule has 0 aromatic carbocycles. The van der Waals surface area contributed by atoms with Crippen LogP contribution in [0.4, 0.5) is 4.79 Å². The van der Waals surface area contributed by atoms with Crippen LogP contribution < -0.4 is 5.32 Å². The Balaban J connectivity index is 2.27. The van der Waals surface area contributed by atoms with Crippen LogP contribution in [0.15, 0.2) is 0 Å². The Morgan fingerprint density at radius 3 is 2.47 bits per heavy atom. The second kappa shape index (κ2) is 6.47. The van der Waals surface area contributed by atoms with E-state index in [1.807, 2.05) is 6.92 Å². The van der Waals surface area contributed by atoms with E-state index in [2.05, 4.69) is 12.2 Å². The molecule has 0 aromatic rings. The van der Waals surface area contributed by atoms with Crippen LogP contribution in [0.2, 0.25) is 0 Å². The van der Waals surface area contributed by atoms with E-state index in [4.69, 9.17) is 0 Å². The Kier molecular flexibility index (Phi) is 5.25. The molecule has 0 radical (unpaired) electrons. The first-order valence-corrected chi connectivity index (χ1v) is 6.31. The van der Waals surface area contributed by atoms with E-state index in [1.54, 1.807) is 16.8 Å². The molecule has 0 unspecified atom stereocenters. The van der Waals surface area contributed by atoms with Crippen molar-refractivity contribution in [2.45, 2.75) is 26.7 Å². The maximum atomic E-state index is 11.8. The minimum absolute atomic E-state index is 0.0498. The van der Waals surface area contributed by atoms with E-state index in [0.717, 1.165) is 25.9 Å². The second-order valence-electron chi connectivity index (χ2n) is 4.74. The summed E-state index contributed by atoms with van der Waals surface area (Å²) in [6, 6.07) is -0.116. The number of nitrogens with zero attached hydrogens (tertiary/aromatic N) is 2. The number of rotatable bonds is 3. The van der Waals surface area contributed by atoms with Crippen LogP contribution in [0.5, 0.6) is 0 Å². The molecule has 0 saturated carbocycles. The summed E-state index contributed by atoms with van der Waals surface area (Å²) in [4.78, 5) is 26.7. The quantitative estimate of drug-likeness (QED) is 0.798. The predicted molar refractivity (Wildman–Crippen MR) is 66.7 cm³/mol. The van der Waals surface area contributed by atoms with Crippen LogP contribution in [0.3, 0.4) is 0 Å². The standard InChI is InChI=1S/C12H23N3O2/c1-4-14(3)11(16)9-13-12(17)15-7-5-10(2)6-8-15/h10H,4-9H2,1-3H3,(H,13,17). The van der Waals surface area contributed by atoms with Crippen molar-refractivity contribution in [2.75, 3.05) is 33.2 Å². The van der Waals surface area contributed by atoms with Crippen molar-refractivity contribution in [1.82, 2.24) is 15.1 Å². The van der Waals surface area contributed by atoms with Crippen LogP contribution in [0.1, 0.15) is 26.7 Å². The highest BCUT2D eigenvalue weighted by Gasteiger charge is 2.20. The summed E-state index contributed by atoms with van der Waals surface area (Å²) in [7, 11) is 1.73. The highest BCUT2D eigenvalue weighted by atomic mass is 16.2. The molecule has 0 aromatic heterocycles. The van der Waals surface area contributed by atoms with Gasteiger partial charge in [-0.05, 0) is 25.7 Å². The fourth-order valence-corrected chi connectivity index (χ4v) is 1.79. The topological polar surface area (TPSA) is 52.7 Å². The van der Waals surface area contributed by atoms with Crippen LogP contribution in [0, 0.1) is 5.92 Å². The molecular weight excluding hydrogens is 218 g/mol. The lowest BCUT2D eigenvalue weighted by Crippen LogP contribution is -2.47. The Morgan fingerprint density at radius 2 is 1.94 bits per heavy atom. The van der Waals surface area contributed by atoms with Gasteiger partial charge in [0.1, 0.15) is 0 Å². The molecular formula is C12H23N3O2. The summed E-state index contributed by atoms with van der Waals surface area (Å²) in [5.74, 6) is 0.651. The average Bonchev–Trinajstić information content (AvgIpc) is 2.35. The first-order valence-electron chi connectivity index (χ1n) is 6.31. The molecule has 1 rings (SSSR count). The molecule has 0 aliphatic carbocycles. The lowest BCUT2D eigenvalue weighted by atomic mass is 10.00. The first-order chi connectivity index (χ1) is 8.04. The number of piperidine rings is 1. The van der Waals surface area contributed by atoms with Crippen LogP contribution >= 0.6 is 0 Å². The number of likely N-dealkylation sites (tertiary alicyclic amines) is 1. The SMILES string of the molecule is CCN(C)C(=O)CNC(=O)N1CCC(C)CC1. The van der Waals surface area contributed by atoms with Crippen molar-refractivity contribution in [3.8, 4) is 0 Å². The van der Waals surface area contributed by atoms with Gasteiger partial charge in [0.25, 0.3) is 0 Å². The molecule has 1 saturated heterocycles. The fourth-order valence-electron chi connectivity index (χ4n) is 1.79. The van der Waals surface area contributed by atoms with E-state index in [-0.39, 0.29) is 18.5 Å². The number of urea groups is 1. The third-order valence-electron chi connectivity index (χ3n) is 3.36. The second-order valence-corrected chi connectivity index (χ2v) is 4.74. The summed E-state index contributed by atoms with van der Waals surface area (Å²) >= 11 is 0. The van der Waals surface area contributed by atoms with E-state index < -0.39 is 0 Å². The van der Waals surface area contributed by atoms with Crippen molar-refractivity contribution in [1.29, 1.82) is 0 Å². The summed E-state index contributed by atoms with van der Waals surface area (Å²) in [5.41, 5.74) is 0. The molecule has 17 heavy (non-hydrogen) atoms. The van der Waals surface area contributed by atoms with Gasteiger partial charge in [0, 0.05) is 26.7 Å². The number of nitrogens with one attached hydrogen (secondary N) is 1. The summed E-state index contributed by atoms with van der Waals surface area (Å²) < 4.78 is 0. The number of hydrogen-bond donors (Lipinski definition) is 1. The number of carbonyl (C=O) groups excluding carboxylic acids is 2. The van der Waals surface area contributed by atoms with Crippen molar-refractivity contribution in [3.63, 3.8) is 0 Å². The van der Waals surface area contributed by atoms with Gasteiger partial charge in [-0.2, -0.15) is 0 Å². The molecule has 3 amide bonds. The lowest BCUT2D eigenvalue weighted by molar-refractivity contribution is -0.128. The fraction of sp³-hybridized carbons (Fsp3) is 0.833.